The number of nitrogens with one attached hydrogen (secondary N) is 1. The quantitative estimate of drug-likeness (QED) is 0.936. The molecule has 0 atom stereocenters. The lowest BCUT2D eigenvalue weighted by Gasteiger charge is -2.26. The van der Waals surface area contributed by atoms with Gasteiger partial charge >= 0.3 is 0 Å². The van der Waals surface area contributed by atoms with Crippen molar-refractivity contribution in [2.75, 3.05) is 37.4 Å². The van der Waals surface area contributed by atoms with Crippen LogP contribution < -0.4 is 10.2 Å². The summed E-state index contributed by atoms with van der Waals surface area (Å²) in [6.45, 7) is 1.63. The summed E-state index contributed by atoms with van der Waals surface area (Å²) < 4.78 is 0. The van der Waals surface area contributed by atoms with E-state index in [9.17, 15) is 4.79 Å². The number of rotatable bonds is 4. The summed E-state index contributed by atoms with van der Waals surface area (Å²) in [7, 11) is 4.00. The van der Waals surface area contributed by atoms with Gasteiger partial charge in [0.1, 0.15) is 5.69 Å². The van der Waals surface area contributed by atoms with Crippen LogP contribution in [0.3, 0.4) is 0 Å². The lowest BCUT2D eigenvalue weighted by atomic mass is 10.1. The van der Waals surface area contributed by atoms with Crippen molar-refractivity contribution >= 4 is 23.2 Å². The van der Waals surface area contributed by atoms with Gasteiger partial charge in [0.15, 0.2) is 0 Å². The predicted molar refractivity (Wildman–Crippen MR) is 95.8 cm³/mol. The van der Waals surface area contributed by atoms with E-state index >= 15 is 0 Å². The first-order valence-corrected chi connectivity index (χ1v) is 8.30. The second-order valence-corrected chi connectivity index (χ2v) is 6.18. The number of aromatic nitrogens is 2. The van der Waals surface area contributed by atoms with E-state index in [0.717, 1.165) is 37.3 Å². The summed E-state index contributed by atoms with van der Waals surface area (Å²) in [6, 6.07) is 9.66. The molecule has 1 amide bonds. The summed E-state index contributed by atoms with van der Waals surface area (Å²) in [5, 5.41) is 3.16. The summed E-state index contributed by atoms with van der Waals surface area (Å²) in [6.07, 6.45) is 4.96. The summed E-state index contributed by atoms with van der Waals surface area (Å²) in [4.78, 5) is 25.0. The number of amides is 1. The van der Waals surface area contributed by atoms with Crippen molar-refractivity contribution in [2.45, 2.75) is 19.3 Å². The standard InChI is InChI=1S/C18H23N5O/c1-22(2)15-8-6-14(7-9-15)20-18-19-11-10-16(21-18)17(24)23-12-4-3-5-13-23/h6-11H,3-5,12-13H2,1-2H3,(H,19,20,21). The molecule has 24 heavy (non-hydrogen) atoms. The minimum Gasteiger partial charge on any atom is -0.378 e. The first-order chi connectivity index (χ1) is 11.6. The first kappa shape index (κ1) is 16.2. The van der Waals surface area contributed by atoms with Gasteiger partial charge in [-0.15, -0.1) is 0 Å². The zero-order valence-electron chi connectivity index (χ0n) is 14.2. The Kier molecular flexibility index (Phi) is 4.93. The molecule has 0 bridgehead atoms. The van der Waals surface area contributed by atoms with Gasteiger partial charge in [0.25, 0.3) is 5.91 Å². The van der Waals surface area contributed by atoms with Crippen molar-refractivity contribution in [2.24, 2.45) is 0 Å². The van der Waals surface area contributed by atoms with Gasteiger partial charge in [0.2, 0.25) is 5.95 Å². The van der Waals surface area contributed by atoms with E-state index in [0.29, 0.717) is 11.6 Å². The summed E-state index contributed by atoms with van der Waals surface area (Å²) >= 11 is 0. The Morgan fingerprint density at radius 3 is 2.46 bits per heavy atom. The molecule has 1 aromatic carbocycles. The van der Waals surface area contributed by atoms with Crippen molar-refractivity contribution in [1.29, 1.82) is 0 Å². The van der Waals surface area contributed by atoms with Crippen LogP contribution in [0.25, 0.3) is 0 Å². The molecule has 1 N–H and O–H groups in total. The lowest BCUT2D eigenvalue weighted by molar-refractivity contribution is 0.0718. The SMILES string of the molecule is CN(C)c1ccc(Nc2nccc(C(=O)N3CCCCC3)n2)cc1. The molecule has 0 saturated carbocycles. The molecule has 1 fully saturated rings. The van der Waals surface area contributed by atoms with E-state index in [-0.39, 0.29) is 5.91 Å². The number of hydrogen-bond acceptors (Lipinski definition) is 5. The number of piperidine rings is 1. The van der Waals surface area contributed by atoms with Crippen molar-refractivity contribution < 1.29 is 4.79 Å². The zero-order chi connectivity index (χ0) is 16.9. The molecular formula is C18H23N5O. The topological polar surface area (TPSA) is 61.4 Å². The highest BCUT2D eigenvalue weighted by Crippen LogP contribution is 2.19. The van der Waals surface area contributed by atoms with Crippen LogP contribution in [0, 0.1) is 0 Å². The van der Waals surface area contributed by atoms with Crippen molar-refractivity contribution in [3.63, 3.8) is 0 Å². The zero-order valence-corrected chi connectivity index (χ0v) is 14.2. The van der Waals surface area contributed by atoms with Crippen molar-refractivity contribution in [1.82, 2.24) is 14.9 Å². The highest BCUT2D eigenvalue weighted by Gasteiger charge is 2.19. The molecule has 0 aliphatic carbocycles. The summed E-state index contributed by atoms with van der Waals surface area (Å²) in [5.41, 5.74) is 2.46. The van der Waals surface area contributed by atoms with Crippen LogP contribution in [-0.4, -0.2) is 48.0 Å². The second kappa shape index (κ2) is 7.29. The van der Waals surface area contributed by atoms with Crippen LogP contribution >= 0.6 is 0 Å². The molecule has 6 heteroatoms. The van der Waals surface area contributed by atoms with Crippen molar-refractivity contribution in [3.8, 4) is 0 Å². The number of hydrogen-bond donors (Lipinski definition) is 1. The third kappa shape index (κ3) is 3.82. The molecule has 1 aliphatic rings. The fourth-order valence-corrected chi connectivity index (χ4v) is 2.77. The van der Waals surface area contributed by atoms with Gasteiger partial charge < -0.3 is 15.1 Å². The maximum absolute atomic E-state index is 12.5. The van der Waals surface area contributed by atoms with Crippen LogP contribution in [0.5, 0.6) is 0 Å². The van der Waals surface area contributed by atoms with E-state index < -0.39 is 0 Å². The maximum atomic E-state index is 12.5. The molecule has 2 heterocycles. The van der Waals surface area contributed by atoms with E-state index in [1.807, 2.05) is 48.2 Å². The van der Waals surface area contributed by atoms with E-state index in [4.69, 9.17) is 0 Å². The normalized spacial score (nSPS) is 14.3. The molecular weight excluding hydrogens is 302 g/mol. The predicted octanol–water partition coefficient (Wildman–Crippen LogP) is 2.91. The summed E-state index contributed by atoms with van der Waals surface area (Å²) in [5.74, 6) is 0.429. The van der Waals surface area contributed by atoms with Gasteiger partial charge in [-0.1, -0.05) is 0 Å². The maximum Gasteiger partial charge on any atom is 0.272 e. The fraction of sp³-hybridized carbons (Fsp3) is 0.389. The molecule has 0 spiro atoms. The monoisotopic (exact) mass is 325 g/mol. The largest absolute Gasteiger partial charge is 0.378 e. The van der Waals surface area contributed by atoms with Gasteiger partial charge in [0.05, 0.1) is 0 Å². The van der Waals surface area contributed by atoms with Crippen molar-refractivity contribution in [3.05, 3.63) is 42.2 Å². The molecule has 1 aliphatic heterocycles. The Balaban J connectivity index is 1.71. The molecule has 126 valence electrons. The van der Waals surface area contributed by atoms with E-state index in [2.05, 4.69) is 15.3 Å². The Bertz CT molecular complexity index is 693. The van der Waals surface area contributed by atoms with Crippen LogP contribution in [0.15, 0.2) is 36.5 Å². The number of carbonyl (C=O) groups is 1. The number of anilines is 3. The third-order valence-corrected chi connectivity index (χ3v) is 4.16. The molecule has 1 aromatic heterocycles. The lowest BCUT2D eigenvalue weighted by Crippen LogP contribution is -2.36. The van der Waals surface area contributed by atoms with Crippen LogP contribution in [0.2, 0.25) is 0 Å². The molecule has 0 unspecified atom stereocenters. The average molecular weight is 325 g/mol. The fourth-order valence-electron chi connectivity index (χ4n) is 2.77. The van der Waals surface area contributed by atoms with Crippen LogP contribution in [-0.2, 0) is 0 Å². The van der Waals surface area contributed by atoms with E-state index in [1.54, 1.807) is 12.3 Å². The van der Waals surface area contributed by atoms with Gasteiger partial charge in [-0.05, 0) is 49.6 Å². The molecule has 3 rings (SSSR count). The Morgan fingerprint density at radius 2 is 1.79 bits per heavy atom. The average Bonchev–Trinajstić information content (AvgIpc) is 2.62. The van der Waals surface area contributed by atoms with Gasteiger partial charge in [-0.25, -0.2) is 9.97 Å². The van der Waals surface area contributed by atoms with Crippen LogP contribution in [0.4, 0.5) is 17.3 Å². The minimum atomic E-state index is -0.0110. The highest BCUT2D eigenvalue weighted by atomic mass is 16.2. The molecule has 6 nitrogen and oxygen atoms in total. The minimum absolute atomic E-state index is 0.0110. The molecule has 1 saturated heterocycles. The Hall–Kier alpha value is -2.63. The Labute approximate surface area is 142 Å². The first-order valence-electron chi connectivity index (χ1n) is 8.30. The number of nitrogens with zero attached hydrogens (tertiary/aromatic N) is 4. The molecule has 2 aromatic rings. The van der Waals surface area contributed by atoms with Gasteiger partial charge in [-0.2, -0.15) is 0 Å². The Morgan fingerprint density at radius 1 is 1.08 bits per heavy atom. The number of likely N-dealkylation sites (tertiary alicyclic amines) is 1. The second-order valence-electron chi connectivity index (χ2n) is 6.18. The van der Waals surface area contributed by atoms with Gasteiger partial charge in [0, 0.05) is 44.8 Å². The van der Waals surface area contributed by atoms with E-state index in [1.165, 1.54) is 6.42 Å². The third-order valence-electron chi connectivity index (χ3n) is 4.16. The highest BCUT2D eigenvalue weighted by molar-refractivity contribution is 5.92. The van der Waals surface area contributed by atoms with Gasteiger partial charge in [-0.3, -0.25) is 4.79 Å². The smallest absolute Gasteiger partial charge is 0.272 e. The van der Waals surface area contributed by atoms with Crippen LogP contribution in [0.1, 0.15) is 29.8 Å². The number of benzene rings is 1. The number of carbonyl (C=O) groups excluding carboxylic acids is 1. The molecule has 0 radical (unpaired) electrons.